The second-order valence-corrected chi connectivity index (χ2v) is 7.96. The number of carboxylic acids is 1. The van der Waals surface area contributed by atoms with Crippen molar-refractivity contribution < 1.29 is 23.1 Å². The van der Waals surface area contributed by atoms with E-state index in [9.17, 15) is 18.0 Å². The van der Waals surface area contributed by atoms with E-state index >= 15 is 0 Å². The second-order valence-electron chi connectivity index (χ2n) is 5.73. The predicted molar refractivity (Wildman–Crippen MR) is 77.9 cm³/mol. The molecule has 0 heterocycles. The Kier molecular flexibility index (Phi) is 4.78. The number of hydrogen-bond donors (Lipinski definition) is 2. The van der Waals surface area contributed by atoms with E-state index in [1.54, 1.807) is 20.8 Å². The van der Waals surface area contributed by atoms with Crippen LogP contribution in [0.4, 0.5) is 0 Å². The molecule has 1 unspecified atom stereocenters. The lowest BCUT2D eigenvalue weighted by molar-refractivity contribution is -0.121. The molecular formula is C14H19NO5S. The number of carbonyl (C=O) groups is 2. The van der Waals surface area contributed by atoms with Crippen LogP contribution in [0.2, 0.25) is 0 Å². The van der Waals surface area contributed by atoms with Crippen LogP contribution in [-0.2, 0) is 14.6 Å². The summed E-state index contributed by atoms with van der Waals surface area (Å²) in [6.45, 7) is 6.44. The van der Waals surface area contributed by atoms with Crippen LogP contribution >= 0.6 is 0 Å². The summed E-state index contributed by atoms with van der Waals surface area (Å²) in [6.07, 6.45) is 0. The van der Waals surface area contributed by atoms with E-state index in [4.69, 9.17) is 5.11 Å². The van der Waals surface area contributed by atoms with E-state index in [0.717, 1.165) is 0 Å². The summed E-state index contributed by atoms with van der Waals surface area (Å²) in [5, 5.41) is 10.3. The molecule has 1 amide bonds. The first-order valence-electron chi connectivity index (χ1n) is 6.35. The van der Waals surface area contributed by atoms with Gasteiger partial charge in [-0.15, -0.1) is 0 Å². The molecule has 1 aromatic carbocycles. The molecule has 7 heteroatoms. The number of amides is 1. The molecule has 0 radical (unpaired) electrons. The number of aromatic carboxylic acids is 1. The summed E-state index contributed by atoms with van der Waals surface area (Å²) in [7, 11) is -4.08. The number of rotatable bonds is 4. The Bertz CT molecular complexity index is 658. The molecule has 0 aromatic heterocycles. The molecule has 0 saturated carbocycles. The highest BCUT2D eigenvalue weighted by atomic mass is 32.2. The van der Waals surface area contributed by atoms with E-state index in [0.29, 0.717) is 0 Å². The maximum absolute atomic E-state index is 12.5. The molecule has 21 heavy (non-hydrogen) atoms. The molecule has 0 aliphatic heterocycles. The molecule has 1 aromatic rings. The lowest BCUT2D eigenvalue weighted by Crippen LogP contribution is -2.47. The molecule has 1 atom stereocenters. The zero-order valence-corrected chi connectivity index (χ0v) is 13.2. The standard InChI is InChI=1S/C14H19NO5S/c1-9(12(16)15-14(2,3)4)21(19,20)11-8-6-5-7-10(11)13(17)18/h5-9H,1-4H3,(H,15,16)(H,17,18). The van der Waals surface area contributed by atoms with Crippen LogP contribution in [0.3, 0.4) is 0 Å². The van der Waals surface area contributed by atoms with Gasteiger partial charge in [0.15, 0.2) is 9.84 Å². The van der Waals surface area contributed by atoms with Crippen molar-refractivity contribution in [2.45, 2.75) is 43.4 Å². The minimum Gasteiger partial charge on any atom is -0.478 e. The lowest BCUT2D eigenvalue weighted by Gasteiger charge is -2.23. The minimum atomic E-state index is -4.08. The van der Waals surface area contributed by atoms with Crippen LogP contribution < -0.4 is 5.32 Å². The third-order valence-electron chi connectivity index (χ3n) is 2.76. The van der Waals surface area contributed by atoms with Gasteiger partial charge in [0.05, 0.1) is 10.5 Å². The molecule has 0 bridgehead atoms. The monoisotopic (exact) mass is 313 g/mol. The Morgan fingerprint density at radius 3 is 2.19 bits per heavy atom. The average molecular weight is 313 g/mol. The first-order chi connectivity index (χ1) is 9.47. The van der Waals surface area contributed by atoms with Crippen LogP contribution in [0.25, 0.3) is 0 Å². The highest BCUT2D eigenvalue weighted by Gasteiger charge is 2.34. The van der Waals surface area contributed by atoms with Crippen molar-refractivity contribution in [3.05, 3.63) is 29.8 Å². The van der Waals surface area contributed by atoms with E-state index < -0.39 is 32.5 Å². The summed E-state index contributed by atoms with van der Waals surface area (Å²) in [5.74, 6) is -2.01. The van der Waals surface area contributed by atoms with Gasteiger partial charge in [0.25, 0.3) is 0 Å². The summed E-state index contributed by atoms with van der Waals surface area (Å²) < 4.78 is 24.9. The topological polar surface area (TPSA) is 101 Å². The van der Waals surface area contributed by atoms with E-state index in [2.05, 4.69) is 5.32 Å². The maximum atomic E-state index is 12.5. The van der Waals surface area contributed by atoms with Crippen LogP contribution in [0.15, 0.2) is 29.2 Å². The van der Waals surface area contributed by atoms with Gasteiger partial charge in [0.1, 0.15) is 5.25 Å². The Labute approximate surface area is 124 Å². The third-order valence-corrected chi connectivity index (χ3v) is 4.87. The maximum Gasteiger partial charge on any atom is 0.337 e. The van der Waals surface area contributed by atoms with Gasteiger partial charge < -0.3 is 10.4 Å². The Balaban J connectivity index is 3.23. The molecule has 0 aliphatic rings. The first-order valence-corrected chi connectivity index (χ1v) is 7.89. The van der Waals surface area contributed by atoms with Crippen molar-refractivity contribution in [1.29, 1.82) is 0 Å². The smallest absolute Gasteiger partial charge is 0.337 e. The first kappa shape index (κ1) is 17.2. The van der Waals surface area contributed by atoms with E-state index in [1.807, 2.05) is 0 Å². The lowest BCUT2D eigenvalue weighted by atomic mass is 10.1. The molecule has 0 aliphatic carbocycles. The number of carboxylic acid groups (broad SMARTS) is 1. The van der Waals surface area contributed by atoms with Gasteiger partial charge in [0.2, 0.25) is 5.91 Å². The number of carbonyl (C=O) groups excluding carboxylic acids is 1. The highest BCUT2D eigenvalue weighted by molar-refractivity contribution is 7.92. The van der Waals surface area contributed by atoms with Crippen molar-refractivity contribution in [3.63, 3.8) is 0 Å². The van der Waals surface area contributed by atoms with Crippen LogP contribution in [0.1, 0.15) is 38.1 Å². The quantitative estimate of drug-likeness (QED) is 0.876. The molecule has 0 saturated heterocycles. The number of hydrogen-bond acceptors (Lipinski definition) is 4. The fourth-order valence-electron chi connectivity index (χ4n) is 1.69. The van der Waals surface area contributed by atoms with Gasteiger partial charge in [-0.25, -0.2) is 13.2 Å². The molecule has 6 nitrogen and oxygen atoms in total. The predicted octanol–water partition coefficient (Wildman–Crippen LogP) is 1.46. The van der Waals surface area contributed by atoms with Crippen LogP contribution in [0, 0.1) is 0 Å². The fourth-order valence-corrected chi connectivity index (χ4v) is 3.15. The summed E-state index contributed by atoms with van der Waals surface area (Å²) in [6, 6.07) is 5.25. The molecule has 0 spiro atoms. The fraction of sp³-hybridized carbons (Fsp3) is 0.429. The Morgan fingerprint density at radius 1 is 1.19 bits per heavy atom. The van der Waals surface area contributed by atoms with Crippen molar-refractivity contribution in [2.24, 2.45) is 0 Å². The number of benzene rings is 1. The van der Waals surface area contributed by atoms with Gasteiger partial charge in [-0.2, -0.15) is 0 Å². The zero-order valence-electron chi connectivity index (χ0n) is 12.4. The average Bonchev–Trinajstić information content (AvgIpc) is 2.35. The van der Waals surface area contributed by atoms with Crippen LogP contribution in [-0.4, -0.2) is 36.2 Å². The molecule has 1 rings (SSSR count). The Hall–Kier alpha value is -1.89. The third kappa shape index (κ3) is 4.04. The van der Waals surface area contributed by atoms with Gasteiger partial charge in [-0.1, -0.05) is 12.1 Å². The Morgan fingerprint density at radius 2 is 1.71 bits per heavy atom. The summed E-state index contributed by atoms with van der Waals surface area (Å²) in [5.41, 5.74) is -0.916. The molecule has 116 valence electrons. The largest absolute Gasteiger partial charge is 0.478 e. The highest BCUT2D eigenvalue weighted by Crippen LogP contribution is 2.21. The van der Waals surface area contributed by atoms with Gasteiger partial charge in [0, 0.05) is 5.54 Å². The summed E-state index contributed by atoms with van der Waals surface area (Å²) in [4.78, 5) is 22.8. The van der Waals surface area contributed by atoms with E-state index in [-0.39, 0.29) is 10.5 Å². The normalized spacial score (nSPS) is 13.5. The van der Waals surface area contributed by atoms with Gasteiger partial charge in [-0.05, 0) is 39.8 Å². The number of nitrogens with one attached hydrogen (secondary N) is 1. The van der Waals surface area contributed by atoms with Gasteiger partial charge >= 0.3 is 5.97 Å². The molecular weight excluding hydrogens is 294 g/mol. The zero-order chi connectivity index (χ0) is 16.4. The molecule has 2 N–H and O–H groups in total. The minimum absolute atomic E-state index is 0.340. The molecule has 0 fully saturated rings. The van der Waals surface area contributed by atoms with Gasteiger partial charge in [-0.3, -0.25) is 4.79 Å². The van der Waals surface area contributed by atoms with Crippen LogP contribution in [0.5, 0.6) is 0 Å². The van der Waals surface area contributed by atoms with Crippen molar-refractivity contribution in [3.8, 4) is 0 Å². The van der Waals surface area contributed by atoms with Crippen molar-refractivity contribution in [1.82, 2.24) is 5.32 Å². The second kappa shape index (κ2) is 5.85. The number of sulfone groups is 1. The van der Waals surface area contributed by atoms with Crippen molar-refractivity contribution >= 4 is 21.7 Å². The van der Waals surface area contributed by atoms with Crippen molar-refractivity contribution in [2.75, 3.05) is 0 Å². The SMILES string of the molecule is CC(C(=O)NC(C)(C)C)S(=O)(=O)c1ccccc1C(=O)O. The summed E-state index contributed by atoms with van der Waals surface area (Å²) >= 11 is 0. The van der Waals surface area contributed by atoms with E-state index in [1.165, 1.54) is 31.2 Å².